The molecule has 0 aliphatic carbocycles. The van der Waals surface area contributed by atoms with Gasteiger partial charge in [-0.25, -0.2) is 14.8 Å². The molecule has 2 N–H and O–H groups in total. The molecule has 1 aromatic carbocycles. The number of H-pyrrole nitrogens is 1. The topological polar surface area (TPSA) is 83.8 Å². The number of carbonyl (C=O) groups is 1. The van der Waals surface area contributed by atoms with E-state index in [1.54, 1.807) is 4.57 Å². The van der Waals surface area contributed by atoms with Crippen LogP contribution in [0, 0.1) is 0 Å². The molecular formula is C12H10N4O2. The van der Waals surface area contributed by atoms with Crippen LogP contribution in [0.3, 0.4) is 0 Å². The molecule has 0 fully saturated rings. The molecule has 90 valence electrons. The molecule has 0 aliphatic heterocycles. The molecule has 18 heavy (non-hydrogen) atoms. The van der Waals surface area contributed by atoms with Crippen molar-refractivity contribution in [3.05, 3.63) is 48.3 Å². The molecule has 6 nitrogen and oxygen atoms in total. The van der Waals surface area contributed by atoms with E-state index in [-0.39, 0.29) is 5.69 Å². The highest BCUT2D eigenvalue weighted by molar-refractivity contribution is 5.84. The number of carboxylic acids is 1. The maximum absolute atomic E-state index is 10.7. The largest absolute Gasteiger partial charge is 0.476 e. The average Bonchev–Trinajstić information content (AvgIpc) is 2.94. The highest BCUT2D eigenvalue weighted by atomic mass is 16.4. The summed E-state index contributed by atoms with van der Waals surface area (Å²) >= 11 is 0. The van der Waals surface area contributed by atoms with Crippen molar-refractivity contribution in [2.45, 2.75) is 6.54 Å². The number of nitrogens with one attached hydrogen (secondary N) is 1. The number of carboxylic acid groups (broad SMARTS) is 1. The molecule has 6 heteroatoms. The SMILES string of the molecule is O=C(O)c1cn(Cc2nc3ccccc3[nH]2)cn1. The van der Waals surface area contributed by atoms with Crippen LogP contribution < -0.4 is 0 Å². The van der Waals surface area contributed by atoms with E-state index < -0.39 is 5.97 Å². The standard InChI is InChI=1S/C12H10N4O2/c17-12(18)10-5-16(7-13-10)6-11-14-8-3-1-2-4-9(8)15-11/h1-5,7H,6H2,(H,14,15)(H,17,18). The Labute approximate surface area is 102 Å². The summed E-state index contributed by atoms with van der Waals surface area (Å²) in [5, 5.41) is 8.78. The fourth-order valence-electron chi connectivity index (χ4n) is 1.81. The molecule has 2 heterocycles. The van der Waals surface area contributed by atoms with Gasteiger partial charge in [-0.05, 0) is 12.1 Å². The predicted octanol–water partition coefficient (Wildman–Crippen LogP) is 1.51. The second kappa shape index (κ2) is 3.99. The molecule has 0 aliphatic rings. The molecule has 0 bridgehead atoms. The van der Waals surface area contributed by atoms with E-state index in [1.165, 1.54) is 12.5 Å². The Hall–Kier alpha value is -2.63. The Balaban J connectivity index is 1.88. The molecule has 0 amide bonds. The van der Waals surface area contributed by atoms with Gasteiger partial charge in [0, 0.05) is 6.20 Å². The Bertz CT molecular complexity index is 681. The van der Waals surface area contributed by atoms with Crippen LogP contribution in [0.1, 0.15) is 16.3 Å². The van der Waals surface area contributed by atoms with Crippen molar-refractivity contribution in [1.82, 2.24) is 19.5 Å². The molecule has 2 aromatic heterocycles. The van der Waals surface area contributed by atoms with Crippen molar-refractivity contribution in [1.29, 1.82) is 0 Å². The minimum Gasteiger partial charge on any atom is -0.476 e. The van der Waals surface area contributed by atoms with E-state index in [0.29, 0.717) is 6.54 Å². The van der Waals surface area contributed by atoms with Crippen molar-refractivity contribution < 1.29 is 9.90 Å². The zero-order chi connectivity index (χ0) is 12.5. The fraction of sp³-hybridized carbons (Fsp3) is 0.0833. The first-order valence-corrected chi connectivity index (χ1v) is 5.41. The first-order valence-electron chi connectivity index (χ1n) is 5.41. The highest BCUT2D eigenvalue weighted by Gasteiger charge is 2.08. The molecule has 0 spiro atoms. The summed E-state index contributed by atoms with van der Waals surface area (Å²) in [5.41, 5.74) is 1.89. The number of aromatic nitrogens is 4. The van der Waals surface area contributed by atoms with Crippen LogP contribution in [0.25, 0.3) is 11.0 Å². The zero-order valence-corrected chi connectivity index (χ0v) is 9.37. The van der Waals surface area contributed by atoms with Crippen LogP contribution in [-0.4, -0.2) is 30.6 Å². The number of benzene rings is 1. The number of rotatable bonds is 3. The van der Waals surface area contributed by atoms with E-state index in [4.69, 9.17) is 5.11 Å². The summed E-state index contributed by atoms with van der Waals surface area (Å²) in [7, 11) is 0. The normalized spacial score (nSPS) is 10.9. The average molecular weight is 242 g/mol. The number of nitrogens with zero attached hydrogens (tertiary/aromatic N) is 3. The third kappa shape index (κ3) is 1.84. The Morgan fingerprint density at radius 3 is 2.94 bits per heavy atom. The van der Waals surface area contributed by atoms with Crippen LogP contribution in [-0.2, 0) is 6.54 Å². The Morgan fingerprint density at radius 2 is 2.22 bits per heavy atom. The van der Waals surface area contributed by atoms with Crippen LogP contribution in [0.2, 0.25) is 0 Å². The number of fused-ring (bicyclic) bond motifs is 1. The molecule has 0 atom stereocenters. The summed E-state index contributed by atoms with van der Waals surface area (Å²) in [6.45, 7) is 0.467. The van der Waals surface area contributed by atoms with Crippen molar-refractivity contribution in [3.63, 3.8) is 0 Å². The minimum absolute atomic E-state index is 0.0334. The third-order valence-corrected chi connectivity index (χ3v) is 2.62. The minimum atomic E-state index is -1.03. The Kier molecular flexibility index (Phi) is 2.33. The van der Waals surface area contributed by atoms with Gasteiger partial charge in [-0.1, -0.05) is 12.1 Å². The smallest absolute Gasteiger partial charge is 0.356 e. The monoisotopic (exact) mass is 242 g/mol. The van der Waals surface area contributed by atoms with Crippen LogP contribution in [0.15, 0.2) is 36.8 Å². The number of aromatic carboxylic acids is 1. The fourth-order valence-corrected chi connectivity index (χ4v) is 1.81. The van der Waals surface area contributed by atoms with Crippen molar-refractivity contribution in [3.8, 4) is 0 Å². The van der Waals surface area contributed by atoms with Gasteiger partial charge < -0.3 is 14.7 Å². The van der Waals surface area contributed by atoms with Gasteiger partial charge in [0.15, 0.2) is 5.69 Å². The molecule has 3 aromatic rings. The third-order valence-electron chi connectivity index (χ3n) is 2.62. The Morgan fingerprint density at radius 1 is 1.39 bits per heavy atom. The maximum Gasteiger partial charge on any atom is 0.356 e. The van der Waals surface area contributed by atoms with Gasteiger partial charge >= 0.3 is 5.97 Å². The van der Waals surface area contributed by atoms with Gasteiger partial charge in [0.05, 0.1) is 23.9 Å². The van der Waals surface area contributed by atoms with Crippen molar-refractivity contribution >= 4 is 17.0 Å². The van der Waals surface area contributed by atoms with E-state index >= 15 is 0 Å². The van der Waals surface area contributed by atoms with Gasteiger partial charge in [0.1, 0.15) is 5.82 Å². The summed E-state index contributed by atoms with van der Waals surface area (Å²) in [4.78, 5) is 22.1. The van der Waals surface area contributed by atoms with Gasteiger partial charge in [-0.15, -0.1) is 0 Å². The second-order valence-corrected chi connectivity index (χ2v) is 3.94. The van der Waals surface area contributed by atoms with E-state index in [2.05, 4.69) is 15.0 Å². The molecule has 0 radical (unpaired) electrons. The number of aromatic amines is 1. The highest BCUT2D eigenvalue weighted by Crippen LogP contribution is 2.11. The maximum atomic E-state index is 10.7. The van der Waals surface area contributed by atoms with E-state index in [9.17, 15) is 4.79 Å². The lowest BCUT2D eigenvalue weighted by Gasteiger charge is -1.96. The van der Waals surface area contributed by atoms with Crippen molar-refractivity contribution in [2.75, 3.05) is 0 Å². The van der Waals surface area contributed by atoms with Gasteiger partial charge in [0.2, 0.25) is 0 Å². The lowest BCUT2D eigenvalue weighted by atomic mass is 10.3. The lowest BCUT2D eigenvalue weighted by Crippen LogP contribution is -1.99. The summed E-state index contributed by atoms with van der Waals surface area (Å²) in [5.74, 6) is -0.260. The van der Waals surface area contributed by atoms with Gasteiger partial charge in [-0.2, -0.15) is 0 Å². The van der Waals surface area contributed by atoms with E-state index in [1.807, 2.05) is 24.3 Å². The summed E-state index contributed by atoms with van der Waals surface area (Å²) < 4.78 is 1.68. The van der Waals surface area contributed by atoms with Gasteiger partial charge in [-0.3, -0.25) is 0 Å². The van der Waals surface area contributed by atoms with Crippen LogP contribution in [0.5, 0.6) is 0 Å². The van der Waals surface area contributed by atoms with Crippen LogP contribution >= 0.6 is 0 Å². The molecule has 3 rings (SSSR count). The number of hydrogen-bond donors (Lipinski definition) is 2. The first-order chi connectivity index (χ1) is 8.72. The molecule has 0 unspecified atom stereocenters. The van der Waals surface area contributed by atoms with Gasteiger partial charge in [0.25, 0.3) is 0 Å². The lowest BCUT2D eigenvalue weighted by molar-refractivity contribution is 0.0691. The quantitative estimate of drug-likeness (QED) is 0.729. The zero-order valence-electron chi connectivity index (χ0n) is 9.37. The molecular weight excluding hydrogens is 232 g/mol. The predicted molar refractivity (Wildman–Crippen MR) is 64.4 cm³/mol. The second-order valence-electron chi connectivity index (χ2n) is 3.94. The van der Waals surface area contributed by atoms with Crippen LogP contribution in [0.4, 0.5) is 0 Å². The molecule has 0 saturated carbocycles. The number of hydrogen-bond acceptors (Lipinski definition) is 3. The number of para-hydroxylation sites is 2. The first kappa shape index (κ1) is 10.5. The molecule has 0 saturated heterocycles. The van der Waals surface area contributed by atoms with Crippen molar-refractivity contribution in [2.24, 2.45) is 0 Å². The summed E-state index contributed by atoms with van der Waals surface area (Å²) in [6, 6.07) is 7.73. The number of imidazole rings is 2. The summed E-state index contributed by atoms with van der Waals surface area (Å²) in [6.07, 6.45) is 2.96. The van der Waals surface area contributed by atoms with E-state index in [0.717, 1.165) is 16.9 Å².